The van der Waals surface area contributed by atoms with Crippen molar-refractivity contribution in [1.29, 1.82) is 0 Å². The molecule has 3 aromatic rings. The molecular weight excluding hydrogens is 394 g/mol. The number of nitrogens with zero attached hydrogens (tertiary/aromatic N) is 4. The summed E-state index contributed by atoms with van der Waals surface area (Å²) in [6, 6.07) is 9.92. The first-order chi connectivity index (χ1) is 14.5. The maximum Gasteiger partial charge on any atom is 0.225 e. The predicted octanol–water partition coefficient (Wildman–Crippen LogP) is 5.01. The maximum atomic E-state index is 12.2. The number of hydrogen-bond donors (Lipinski definition) is 1. The van der Waals surface area contributed by atoms with E-state index >= 15 is 0 Å². The van der Waals surface area contributed by atoms with Crippen molar-refractivity contribution in [2.24, 2.45) is 5.92 Å². The molecule has 6 nitrogen and oxygen atoms in total. The molecule has 1 aliphatic rings. The van der Waals surface area contributed by atoms with Crippen LogP contribution in [0.1, 0.15) is 42.2 Å². The second-order valence-electron chi connectivity index (χ2n) is 8.10. The van der Waals surface area contributed by atoms with Gasteiger partial charge in [0.2, 0.25) is 5.91 Å². The number of aromatic nitrogens is 3. The van der Waals surface area contributed by atoms with Crippen molar-refractivity contribution in [1.82, 2.24) is 19.9 Å². The molecule has 0 radical (unpaired) electrons. The molecule has 7 heteroatoms. The molecule has 0 saturated heterocycles. The average Bonchev–Trinajstić information content (AvgIpc) is 3.24. The second kappa shape index (κ2) is 8.92. The molecule has 0 atom stereocenters. The molecule has 0 bridgehead atoms. The van der Waals surface area contributed by atoms with Crippen LogP contribution in [0.2, 0.25) is 0 Å². The van der Waals surface area contributed by atoms with Gasteiger partial charge in [0.1, 0.15) is 11.6 Å². The predicted molar refractivity (Wildman–Crippen MR) is 121 cm³/mol. The highest BCUT2D eigenvalue weighted by Gasteiger charge is 2.29. The summed E-state index contributed by atoms with van der Waals surface area (Å²) in [7, 11) is 3.68. The molecule has 0 unspecified atom stereocenters. The molecule has 1 fully saturated rings. The third kappa shape index (κ3) is 4.67. The molecule has 1 N–H and O–H groups in total. The Morgan fingerprint density at radius 3 is 2.63 bits per heavy atom. The zero-order valence-electron chi connectivity index (χ0n) is 17.6. The normalized spacial score (nSPS) is 18.8. The molecule has 1 saturated carbocycles. The van der Waals surface area contributed by atoms with E-state index in [1.165, 1.54) is 0 Å². The minimum Gasteiger partial charge on any atom is -0.349 e. The van der Waals surface area contributed by atoms with Gasteiger partial charge in [0.25, 0.3) is 0 Å². The lowest BCUT2D eigenvalue weighted by Crippen LogP contribution is -2.31. The Morgan fingerprint density at radius 2 is 1.90 bits per heavy atom. The van der Waals surface area contributed by atoms with Gasteiger partial charge in [-0.1, -0.05) is 6.07 Å². The van der Waals surface area contributed by atoms with Gasteiger partial charge < -0.3 is 10.2 Å². The molecule has 0 spiro atoms. The highest BCUT2D eigenvalue weighted by Crippen LogP contribution is 2.39. The molecular formula is C23H27N5OS. The second-order valence-corrected chi connectivity index (χ2v) is 9.16. The van der Waals surface area contributed by atoms with E-state index < -0.39 is 0 Å². The third-order valence-corrected chi connectivity index (χ3v) is 6.75. The highest BCUT2D eigenvalue weighted by atomic mass is 32.1. The van der Waals surface area contributed by atoms with Crippen LogP contribution in [0.25, 0.3) is 10.6 Å². The highest BCUT2D eigenvalue weighted by molar-refractivity contribution is 7.15. The fourth-order valence-corrected chi connectivity index (χ4v) is 4.98. The number of aryl methyl sites for hydroxylation is 1. The number of pyridine rings is 2. The van der Waals surface area contributed by atoms with Crippen LogP contribution in [0.3, 0.4) is 0 Å². The van der Waals surface area contributed by atoms with Crippen LogP contribution in [-0.4, -0.2) is 39.9 Å². The number of hydrogen-bond acceptors (Lipinski definition) is 6. The standard InChI is InChI=1S/C23H27N5OS/c1-15-11-12-24-21(13-15)27-20-6-4-5-18(26-20)19-14-25-22(30-19)16-7-9-17(10-8-16)23(29)28(2)3/h4-6,11-14,16-17H,7-10H2,1-3H3,(H,24,26,27). The first-order valence-corrected chi connectivity index (χ1v) is 11.2. The number of carbonyl (C=O) groups excluding carboxylic acids is 1. The Hall–Kier alpha value is -2.80. The lowest BCUT2D eigenvalue weighted by atomic mass is 9.81. The van der Waals surface area contributed by atoms with Gasteiger partial charge in [0.15, 0.2) is 0 Å². The topological polar surface area (TPSA) is 71.0 Å². The Kier molecular flexibility index (Phi) is 6.08. The summed E-state index contributed by atoms with van der Waals surface area (Å²) in [5.74, 6) is 2.41. The first kappa shape index (κ1) is 20.5. The molecule has 1 aliphatic carbocycles. The maximum absolute atomic E-state index is 12.2. The molecule has 3 heterocycles. The van der Waals surface area contributed by atoms with Crippen molar-refractivity contribution < 1.29 is 4.79 Å². The summed E-state index contributed by atoms with van der Waals surface area (Å²) < 4.78 is 0. The quantitative estimate of drug-likeness (QED) is 0.627. The van der Waals surface area contributed by atoms with E-state index in [-0.39, 0.29) is 11.8 Å². The summed E-state index contributed by atoms with van der Waals surface area (Å²) in [5, 5.41) is 4.43. The molecule has 3 aromatic heterocycles. The monoisotopic (exact) mass is 421 g/mol. The van der Waals surface area contributed by atoms with Crippen LogP contribution in [0, 0.1) is 12.8 Å². The fraction of sp³-hybridized carbons (Fsp3) is 0.391. The fourth-order valence-electron chi connectivity index (χ4n) is 3.92. The smallest absolute Gasteiger partial charge is 0.225 e. The van der Waals surface area contributed by atoms with E-state index in [9.17, 15) is 4.79 Å². The SMILES string of the molecule is Cc1ccnc(Nc2cccc(-c3cnc(C4CCC(C(=O)N(C)C)CC4)s3)n2)c1. The van der Waals surface area contributed by atoms with Crippen molar-refractivity contribution in [3.63, 3.8) is 0 Å². The first-order valence-electron chi connectivity index (χ1n) is 10.3. The van der Waals surface area contributed by atoms with Gasteiger partial charge in [0.05, 0.1) is 15.6 Å². The van der Waals surface area contributed by atoms with Gasteiger partial charge in [0, 0.05) is 38.3 Å². The van der Waals surface area contributed by atoms with Gasteiger partial charge in [-0.3, -0.25) is 4.79 Å². The van der Waals surface area contributed by atoms with Crippen molar-refractivity contribution in [3.8, 4) is 10.6 Å². The molecule has 0 aliphatic heterocycles. The number of thiazole rings is 1. The summed E-state index contributed by atoms with van der Waals surface area (Å²) in [6.07, 6.45) is 7.64. The van der Waals surface area contributed by atoms with Crippen molar-refractivity contribution >= 4 is 28.9 Å². The van der Waals surface area contributed by atoms with Gasteiger partial charge in [-0.15, -0.1) is 11.3 Å². The molecule has 4 rings (SSSR count). The van der Waals surface area contributed by atoms with Gasteiger partial charge >= 0.3 is 0 Å². The van der Waals surface area contributed by atoms with Crippen LogP contribution in [0.5, 0.6) is 0 Å². The zero-order valence-corrected chi connectivity index (χ0v) is 18.4. The summed E-state index contributed by atoms with van der Waals surface area (Å²) in [4.78, 5) is 28.8. The van der Waals surface area contributed by atoms with Crippen LogP contribution in [0.15, 0.2) is 42.7 Å². The average molecular weight is 422 g/mol. The van der Waals surface area contributed by atoms with E-state index in [0.717, 1.165) is 58.5 Å². The largest absolute Gasteiger partial charge is 0.349 e. The Labute approximate surface area is 181 Å². The van der Waals surface area contributed by atoms with Crippen LogP contribution in [-0.2, 0) is 4.79 Å². The molecule has 156 valence electrons. The van der Waals surface area contributed by atoms with Crippen molar-refractivity contribution in [2.45, 2.75) is 38.5 Å². The Balaban J connectivity index is 1.44. The van der Waals surface area contributed by atoms with Crippen LogP contribution >= 0.6 is 11.3 Å². The molecule has 1 amide bonds. The van der Waals surface area contributed by atoms with E-state index in [4.69, 9.17) is 9.97 Å². The molecule has 0 aromatic carbocycles. The Morgan fingerprint density at radius 1 is 1.10 bits per heavy atom. The lowest BCUT2D eigenvalue weighted by Gasteiger charge is -2.28. The minimum atomic E-state index is 0.162. The minimum absolute atomic E-state index is 0.162. The lowest BCUT2D eigenvalue weighted by molar-refractivity contribution is -0.134. The molecule has 30 heavy (non-hydrogen) atoms. The van der Waals surface area contributed by atoms with Crippen LogP contribution < -0.4 is 5.32 Å². The third-order valence-electron chi connectivity index (χ3n) is 5.56. The number of amides is 1. The van der Waals surface area contributed by atoms with Crippen molar-refractivity contribution in [2.75, 3.05) is 19.4 Å². The van der Waals surface area contributed by atoms with Gasteiger partial charge in [-0.2, -0.15) is 0 Å². The number of anilines is 2. The Bertz CT molecular complexity index is 1020. The zero-order chi connectivity index (χ0) is 21.1. The van der Waals surface area contributed by atoms with E-state index in [2.05, 4.69) is 10.3 Å². The summed E-state index contributed by atoms with van der Waals surface area (Å²) >= 11 is 1.71. The number of nitrogens with one attached hydrogen (secondary N) is 1. The number of carbonyl (C=O) groups is 1. The van der Waals surface area contributed by atoms with Crippen molar-refractivity contribution in [3.05, 3.63) is 53.3 Å². The van der Waals surface area contributed by atoms with E-state index in [0.29, 0.717) is 5.92 Å². The van der Waals surface area contributed by atoms with Crippen LogP contribution in [0.4, 0.5) is 11.6 Å². The van der Waals surface area contributed by atoms with E-state index in [1.54, 1.807) is 22.4 Å². The summed E-state index contributed by atoms with van der Waals surface area (Å²) in [6.45, 7) is 2.04. The summed E-state index contributed by atoms with van der Waals surface area (Å²) in [5.41, 5.74) is 2.06. The van der Waals surface area contributed by atoms with E-state index in [1.807, 2.05) is 57.5 Å². The number of rotatable bonds is 5. The van der Waals surface area contributed by atoms with Gasteiger partial charge in [-0.05, 0) is 62.4 Å². The van der Waals surface area contributed by atoms with Gasteiger partial charge in [-0.25, -0.2) is 15.0 Å².